The van der Waals surface area contributed by atoms with Crippen LogP contribution in [0.15, 0.2) is 18.3 Å². The topological polar surface area (TPSA) is 55.2 Å². The Kier molecular flexibility index (Phi) is 10.7. The van der Waals surface area contributed by atoms with Crippen LogP contribution in [0.4, 0.5) is 0 Å². The number of carbonyl (C=O) groups is 1. The second-order valence-corrected chi connectivity index (χ2v) is 5.30. The number of carbonyl (C=O) groups excluding carboxylic acids is 2. The Morgan fingerprint density at radius 3 is 2.78 bits per heavy atom. The van der Waals surface area contributed by atoms with Crippen LogP contribution in [0.1, 0.15) is 43.0 Å². The molecule has 1 aromatic rings. The maximum atomic E-state index is 11.1. The minimum absolute atomic E-state index is 0. The summed E-state index contributed by atoms with van der Waals surface area (Å²) in [6.07, 6.45) is 11.1. The fraction of sp³-hybridized carbons (Fsp3) is 0.471. The maximum Gasteiger partial charge on any atom is 1.00 e. The summed E-state index contributed by atoms with van der Waals surface area (Å²) in [5.74, 6) is 0.664. The molecule has 23 heavy (non-hydrogen) atoms. The van der Waals surface area contributed by atoms with Gasteiger partial charge in [-0.3, -0.25) is 9.78 Å². The second kappa shape index (κ2) is 11.3. The Bertz CT molecular complexity index is 526. The fourth-order valence-corrected chi connectivity index (χ4v) is 2.41. The van der Waals surface area contributed by atoms with Gasteiger partial charge < -0.3 is 27.6 Å². The molecule has 1 aliphatic heterocycles. The van der Waals surface area contributed by atoms with Crippen molar-refractivity contribution < 1.29 is 28.4 Å². The van der Waals surface area contributed by atoms with Gasteiger partial charge >= 0.3 is 18.9 Å². The normalized spacial score (nSPS) is 17.4. The minimum atomic E-state index is 0. The van der Waals surface area contributed by atoms with E-state index in [1.165, 1.54) is 25.8 Å². The minimum Gasteiger partial charge on any atom is -0.419 e. The van der Waals surface area contributed by atoms with Crippen molar-refractivity contribution in [3.05, 3.63) is 43.2 Å². The van der Waals surface area contributed by atoms with Crippen LogP contribution in [-0.2, 0) is 11.3 Å². The van der Waals surface area contributed by atoms with E-state index in [-0.39, 0.29) is 24.6 Å². The summed E-state index contributed by atoms with van der Waals surface area (Å²) in [6, 6.07) is 0.474. The van der Waals surface area contributed by atoms with Crippen molar-refractivity contribution >= 4 is 12.1 Å². The second-order valence-electron chi connectivity index (χ2n) is 5.30. The molecule has 0 saturated carbocycles. The number of hydrogen-bond donors (Lipinski definition) is 0. The maximum absolute atomic E-state index is 11.1. The first-order valence-electron chi connectivity index (χ1n) is 7.42. The summed E-state index contributed by atoms with van der Waals surface area (Å²) < 4.78 is 1.79. The van der Waals surface area contributed by atoms with Crippen molar-refractivity contribution in [2.45, 2.75) is 39.3 Å². The Hall–Kier alpha value is -1.28. The Balaban J connectivity index is 0.000000409. The number of ketones is 1. The van der Waals surface area contributed by atoms with Crippen molar-refractivity contribution in [3.63, 3.8) is 0 Å². The molecule has 0 aliphatic carbocycles. The molecule has 6 heteroatoms. The van der Waals surface area contributed by atoms with Crippen LogP contribution in [0, 0.1) is 13.3 Å². The van der Waals surface area contributed by atoms with E-state index in [9.17, 15) is 9.59 Å². The van der Waals surface area contributed by atoms with Crippen molar-refractivity contribution in [3.8, 4) is 0 Å². The Labute approximate surface area is 151 Å². The molecule has 1 fully saturated rings. The molecule has 2 rings (SSSR count). The molecule has 0 N–H and O–H groups in total. The average Bonchev–Trinajstić information content (AvgIpc) is 3.05. The van der Waals surface area contributed by atoms with Gasteiger partial charge in [-0.25, -0.2) is 6.08 Å². The van der Waals surface area contributed by atoms with E-state index in [4.69, 9.17) is 0 Å². The molecule has 0 bridgehead atoms. The molecule has 2 heterocycles. The number of nitrogens with zero attached hydrogens (tertiary/aromatic N) is 3. The van der Waals surface area contributed by atoms with Crippen molar-refractivity contribution in [1.82, 2.24) is 14.5 Å². The van der Waals surface area contributed by atoms with Gasteiger partial charge in [0.2, 0.25) is 0 Å². The molecule has 1 saturated heterocycles. The van der Waals surface area contributed by atoms with Gasteiger partial charge in [0.1, 0.15) is 0 Å². The number of likely N-dealkylation sites (N-methyl/N-ethyl adjacent to an activating group) is 1. The zero-order valence-electron chi connectivity index (χ0n) is 14.6. The molecule has 1 atom stereocenters. The summed E-state index contributed by atoms with van der Waals surface area (Å²) in [4.78, 5) is 27.1. The molecule has 1 aromatic heterocycles. The molecule has 0 aromatic carbocycles. The first-order chi connectivity index (χ1) is 10.5. The van der Waals surface area contributed by atoms with E-state index in [0.717, 1.165) is 6.54 Å². The molecule has 0 unspecified atom stereocenters. The van der Waals surface area contributed by atoms with Gasteiger partial charge in [-0.05, 0) is 44.6 Å². The predicted molar refractivity (Wildman–Crippen MR) is 87.2 cm³/mol. The number of hydrogen-bond acceptors (Lipinski definition) is 4. The Morgan fingerprint density at radius 2 is 2.30 bits per heavy atom. The molecule has 0 spiro atoms. The predicted octanol–water partition coefficient (Wildman–Crippen LogP) is -0.757. The first kappa shape index (κ1) is 21.7. The summed E-state index contributed by atoms with van der Waals surface area (Å²) >= 11 is 0. The summed E-state index contributed by atoms with van der Waals surface area (Å²) in [6.45, 7) is 9.02. The van der Waals surface area contributed by atoms with Crippen LogP contribution in [0.25, 0.3) is 0 Å². The SMILES string of the molecule is CN1CCC[C@@H]1/C=C/[C-]=O.[CH2-]c1ncc(C(C)=O)n1C[CH-]C.[Li+]. The van der Waals surface area contributed by atoms with Gasteiger partial charge in [0.05, 0.1) is 11.9 Å². The number of likely N-dealkylation sites (tertiary alicyclic amines) is 1. The molecule has 1 aliphatic rings. The zero-order valence-corrected chi connectivity index (χ0v) is 14.6. The number of rotatable bonds is 5. The van der Waals surface area contributed by atoms with E-state index in [1.807, 2.05) is 19.4 Å². The Morgan fingerprint density at radius 1 is 1.61 bits per heavy atom. The van der Waals surface area contributed by atoms with E-state index in [0.29, 0.717) is 24.1 Å². The number of aromatic nitrogens is 2. The van der Waals surface area contributed by atoms with Crippen LogP contribution < -0.4 is 18.9 Å². The van der Waals surface area contributed by atoms with Crippen LogP contribution in [0.2, 0.25) is 0 Å². The number of Topliss-reactive ketones (excluding diaryl/α,β-unsaturated/α-hetero) is 1. The standard InChI is InChI=1S/C9H12N2O.C8H12NO.Li/c1-4-5-11-8(3)10-6-9(11)7(2)12;1-9-6-2-4-8(9)5-3-7-10;/h4,6H,3,5H2,1-2H3;3,5,8H,2,4,6H2,1H3;/q-2;-1;+1/b;5-3+;/t;8-;/m.1./s1. The summed E-state index contributed by atoms with van der Waals surface area (Å²) in [5, 5.41) is 0. The van der Waals surface area contributed by atoms with E-state index in [1.54, 1.807) is 17.1 Å². The summed E-state index contributed by atoms with van der Waals surface area (Å²) in [7, 11) is 2.08. The average molecular weight is 309 g/mol. The smallest absolute Gasteiger partial charge is 0.419 e. The third kappa shape index (κ3) is 6.78. The van der Waals surface area contributed by atoms with Gasteiger partial charge in [-0.2, -0.15) is 13.0 Å². The molecular weight excluding hydrogens is 285 g/mol. The first-order valence-corrected chi connectivity index (χ1v) is 7.42. The van der Waals surface area contributed by atoms with Gasteiger partial charge in [0.15, 0.2) is 5.78 Å². The summed E-state index contributed by atoms with van der Waals surface area (Å²) in [5.41, 5.74) is 0.623. The van der Waals surface area contributed by atoms with Gasteiger partial charge in [-0.1, -0.05) is 0 Å². The van der Waals surface area contributed by atoms with Crippen LogP contribution in [0.3, 0.4) is 0 Å². The van der Waals surface area contributed by atoms with E-state index >= 15 is 0 Å². The molecular formula is C17H24LiN3O2-2. The quantitative estimate of drug-likeness (QED) is 0.311. The molecule has 122 valence electrons. The van der Waals surface area contributed by atoms with E-state index in [2.05, 4.69) is 23.9 Å². The monoisotopic (exact) mass is 309 g/mol. The van der Waals surface area contributed by atoms with Gasteiger partial charge in [0, 0.05) is 6.92 Å². The van der Waals surface area contributed by atoms with Crippen molar-refractivity contribution in [2.75, 3.05) is 13.6 Å². The molecule has 0 amide bonds. The van der Waals surface area contributed by atoms with E-state index < -0.39 is 0 Å². The number of imidazole rings is 1. The number of allylic oxidation sites excluding steroid dienone is 1. The van der Waals surface area contributed by atoms with Crippen molar-refractivity contribution in [2.24, 2.45) is 0 Å². The molecule has 0 radical (unpaired) electrons. The van der Waals surface area contributed by atoms with Crippen LogP contribution in [0.5, 0.6) is 0 Å². The zero-order chi connectivity index (χ0) is 16.5. The largest absolute Gasteiger partial charge is 1.00 e. The van der Waals surface area contributed by atoms with Crippen LogP contribution in [-0.4, -0.2) is 46.2 Å². The fourth-order valence-electron chi connectivity index (χ4n) is 2.41. The van der Waals surface area contributed by atoms with Gasteiger partial charge in [-0.15, -0.1) is 6.54 Å². The van der Waals surface area contributed by atoms with Crippen LogP contribution >= 0.6 is 0 Å². The van der Waals surface area contributed by atoms with Crippen molar-refractivity contribution in [1.29, 1.82) is 0 Å². The molecule has 5 nitrogen and oxygen atoms in total. The van der Waals surface area contributed by atoms with Gasteiger partial charge in [0.25, 0.3) is 0 Å². The third-order valence-electron chi connectivity index (χ3n) is 3.63. The third-order valence-corrected chi connectivity index (χ3v) is 3.63.